The molecule has 1 aliphatic heterocycles. The molecule has 1 aliphatic rings. The van der Waals surface area contributed by atoms with Crippen LogP contribution in [0.15, 0.2) is 48.5 Å². The molecule has 2 aromatic rings. The number of rotatable bonds is 4. The Labute approximate surface area is 124 Å². The van der Waals surface area contributed by atoms with E-state index in [4.69, 9.17) is 5.73 Å². The average molecular weight is 281 g/mol. The molecule has 4 nitrogen and oxygen atoms in total. The van der Waals surface area contributed by atoms with Gasteiger partial charge in [-0.15, -0.1) is 0 Å². The number of hydrogen-bond donors (Lipinski definition) is 2. The van der Waals surface area contributed by atoms with Crippen LogP contribution in [0.3, 0.4) is 0 Å². The second-order valence-corrected chi connectivity index (χ2v) is 5.41. The number of carbonyl (C=O) groups excluding carboxylic acids is 1. The highest BCUT2D eigenvalue weighted by molar-refractivity contribution is 5.85. The van der Waals surface area contributed by atoms with Crippen LogP contribution < -0.4 is 16.0 Å². The van der Waals surface area contributed by atoms with Crippen molar-refractivity contribution in [3.63, 3.8) is 0 Å². The van der Waals surface area contributed by atoms with Crippen molar-refractivity contribution in [2.45, 2.75) is 12.5 Å². The Morgan fingerprint density at radius 3 is 2.71 bits per heavy atom. The Bertz CT molecular complexity index is 654. The molecule has 0 spiro atoms. The molecule has 3 rings (SSSR count). The van der Waals surface area contributed by atoms with Gasteiger partial charge < -0.3 is 16.0 Å². The Kier molecular flexibility index (Phi) is 3.52. The summed E-state index contributed by atoms with van der Waals surface area (Å²) in [6, 6.07) is 15.3. The average Bonchev–Trinajstić information content (AvgIpc) is 2.86. The normalized spacial score (nSPS) is 14.6. The van der Waals surface area contributed by atoms with E-state index >= 15 is 0 Å². The summed E-state index contributed by atoms with van der Waals surface area (Å²) in [5.74, 6) is -0.370. The van der Waals surface area contributed by atoms with Crippen LogP contribution in [0.2, 0.25) is 0 Å². The number of fused-ring (bicyclic) bond motifs is 1. The zero-order chi connectivity index (χ0) is 14.8. The predicted molar refractivity (Wildman–Crippen MR) is 85.4 cm³/mol. The Balaban J connectivity index is 1.90. The summed E-state index contributed by atoms with van der Waals surface area (Å²) in [5.41, 5.74) is 9.89. The molecular weight excluding hydrogens is 262 g/mol. The second kappa shape index (κ2) is 5.48. The molecule has 0 saturated carbocycles. The lowest BCUT2D eigenvalue weighted by atomic mass is 10.0. The van der Waals surface area contributed by atoms with E-state index in [1.54, 1.807) is 0 Å². The van der Waals surface area contributed by atoms with Crippen molar-refractivity contribution in [1.29, 1.82) is 0 Å². The van der Waals surface area contributed by atoms with Crippen molar-refractivity contribution in [2.75, 3.05) is 23.8 Å². The number of hydrogen-bond acceptors (Lipinski definition) is 3. The number of nitrogens with zero attached hydrogens (tertiary/aromatic N) is 1. The first-order valence-electron chi connectivity index (χ1n) is 7.10. The fraction of sp³-hybridized carbons (Fsp3) is 0.235. The fourth-order valence-corrected chi connectivity index (χ4v) is 2.79. The Morgan fingerprint density at radius 1 is 1.24 bits per heavy atom. The van der Waals surface area contributed by atoms with Crippen LogP contribution in [0, 0.1) is 0 Å². The van der Waals surface area contributed by atoms with E-state index in [2.05, 4.69) is 29.4 Å². The van der Waals surface area contributed by atoms with Gasteiger partial charge in [-0.3, -0.25) is 4.79 Å². The third kappa shape index (κ3) is 2.70. The minimum absolute atomic E-state index is 0.370. The summed E-state index contributed by atoms with van der Waals surface area (Å²) < 4.78 is 0. The van der Waals surface area contributed by atoms with Crippen LogP contribution >= 0.6 is 0 Å². The standard InChI is InChI=1S/C17H19N3O/c1-20-10-9-12-11-13(7-8-15(12)20)16(17(18)21)19-14-5-3-2-4-6-14/h2-8,11,16,19H,9-10H2,1H3,(H2,18,21). The summed E-state index contributed by atoms with van der Waals surface area (Å²) in [7, 11) is 2.08. The molecule has 0 fully saturated rings. The molecule has 0 bridgehead atoms. The molecule has 21 heavy (non-hydrogen) atoms. The first-order chi connectivity index (χ1) is 10.1. The molecule has 1 heterocycles. The van der Waals surface area contributed by atoms with Gasteiger partial charge in [0.05, 0.1) is 0 Å². The van der Waals surface area contributed by atoms with Gasteiger partial charge in [-0.05, 0) is 35.7 Å². The zero-order valence-corrected chi connectivity index (χ0v) is 12.0. The minimum Gasteiger partial charge on any atom is -0.374 e. The lowest BCUT2D eigenvalue weighted by Crippen LogP contribution is -2.27. The smallest absolute Gasteiger partial charge is 0.244 e. The minimum atomic E-state index is -0.511. The lowest BCUT2D eigenvalue weighted by Gasteiger charge is -2.19. The molecule has 0 aromatic heterocycles. The van der Waals surface area contributed by atoms with Crippen molar-refractivity contribution >= 4 is 17.3 Å². The summed E-state index contributed by atoms with van der Waals surface area (Å²) >= 11 is 0. The fourth-order valence-electron chi connectivity index (χ4n) is 2.79. The van der Waals surface area contributed by atoms with E-state index in [-0.39, 0.29) is 5.91 Å². The van der Waals surface area contributed by atoms with Crippen molar-refractivity contribution in [3.8, 4) is 0 Å². The van der Waals surface area contributed by atoms with Gasteiger partial charge in [-0.1, -0.05) is 30.3 Å². The quantitative estimate of drug-likeness (QED) is 0.904. The molecule has 3 N–H and O–H groups in total. The first kappa shape index (κ1) is 13.5. The van der Waals surface area contributed by atoms with Gasteiger partial charge in [-0.25, -0.2) is 0 Å². The van der Waals surface area contributed by atoms with Crippen molar-refractivity contribution < 1.29 is 4.79 Å². The zero-order valence-electron chi connectivity index (χ0n) is 12.0. The molecule has 4 heteroatoms. The number of carbonyl (C=O) groups is 1. The summed E-state index contributed by atoms with van der Waals surface area (Å²) in [4.78, 5) is 14.0. The maximum Gasteiger partial charge on any atom is 0.244 e. The van der Waals surface area contributed by atoms with Gasteiger partial charge in [0.2, 0.25) is 5.91 Å². The molecular formula is C17H19N3O. The number of nitrogens with two attached hydrogens (primary N) is 1. The van der Waals surface area contributed by atoms with Crippen LogP contribution in [0.25, 0.3) is 0 Å². The van der Waals surface area contributed by atoms with Gasteiger partial charge >= 0.3 is 0 Å². The van der Waals surface area contributed by atoms with Crippen molar-refractivity contribution in [3.05, 3.63) is 59.7 Å². The molecule has 1 atom stereocenters. The van der Waals surface area contributed by atoms with E-state index in [0.29, 0.717) is 0 Å². The van der Waals surface area contributed by atoms with Gasteiger partial charge in [0.25, 0.3) is 0 Å². The summed E-state index contributed by atoms with van der Waals surface area (Å²) in [6.07, 6.45) is 1.01. The van der Waals surface area contributed by atoms with Crippen LogP contribution in [0.1, 0.15) is 17.2 Å². The molecule has 1 unspecified atom stereocenters. The number of nitrogens with one attached hydrogen (secondary N) is 1. The van der Waals surface area contributed by atoms with Crippen LogP contribution in [-0.2, 0) is 11.2 Å². The second-order valence-electron chi connectivity index (χ2n) is 5.41. The summed E-state index contributed by atoms with van der Waals surface area (Å²) in [6.45, 7) is 1.02. The topological polar surface area (TPSA) is 58.4 Å². The SMILES string of the molecule is CN1CCc2cc(C(Nc3ccccc3)C(N)=O)ccc21. The third-order valence-electron chi connectivity index (χ3n) is 3.93. The molecule has 0 saturated heterocycles. The molecule has 1 amide bonds. The molecule has 2 aromatic carbocycles. The van der Waals surface area contributed by atoms with E-state index in [1.165, 1.54) is 11.3 Å². The third-order valence-corrected chi connectivity index (χ3v) is 3.93. The Morgan fingerprint density at radius 2 is 2.00 bits per heavy atom. The number of benzene rings is 2. The largest absolute Gasteiger partial charge is 0.374 e. The number of anilines is 2. The van der Waals surface area contributed by atoms with Crippen LogP contribution in [-0.4, -0.2) is 19.5 Å². The highest BCUT2D eigenvalue weighted by Gasteiger charge is 2.21. The van der Waals surface area contributed by atoms with Gasteiger partial charge in [0.15, 0.2) is 0 Å². The van der Waals surface area contributed by atoms with Gasteiger partial charge in [-0.2, -0.15) is 0 Å². The predicted octanol–water partition coefficient (Wildman–Crippen LogP) is 2.32. The van der Waals surface area contributed by atoms with Gasteiger partial charge in [0, 0.05) is 25.0 Å². The molecule has 0 radical (unpaired) electrons. The maximum absolute atomic E-state index is 11.8. The number of amides is 1. The molecule has 0 aliphatic carbocycles. The van der Waals surface area contributed by atoms with E-state index in [1.807, 2.05) is 36.4 Å². The van der Waals surface area contributed by atoms with Gasteiger partial charge in [0.1, 0.15) is 6.04 Å². The Hall–Kier alpha value is -2.49. The highest BCUT2D eigenvalue weighted by Crippen LogP contribution is 2.30. The van der Waals surface area contributed by atoms with E-state index in [0.717, 1.165) is 24.2 Å². The van der Waals surface area contributed by atoms with Crippen LogP contribution in [0.4, 0.5) is 11.4 Å². The van der Waals surface area contributed by atoms with E-state index in [9.17, 15) is 4.79 Å². The van der Waals surface area contributed by atoms with E-state index < -0.39 is 6.04 Å². The monoisotopic (exact) mass is 281 g/mol. The van der Waals surface area contributed by atoms with Crippen LogP contribution in [0.5, 0.6) is 0 Å². The lowest BCUT2D eigenvalue weighted by molar-refractivity contribution is -0.118. The number of para-hydroxylation sites is 1. The number of likely N-dealkylation sites (N-methyl/N-ethyl adjacent to an activating group) is 1. The first-order valence-corrected chi connectivity index (χ1v) is 7.10. The maximum atomic E-state index is 11.8. The highest BCUT2D eigenvalue weighted by atomic mass is 16.1. The van der Waals surface area contributed by atoms with Crippen molar-refractivity contribution in [2.24, 2.45) is 5.73 Å². The van der Waals surface area contributed by atoms with Crippen molar-refractivity contribution in [1.82, 2.24) is 0 Å². The number of primary amides is 1. The molecule has 108 valence electrons. The summed E-state index contributed by atoms with van der Waals surface area (Å²) in [5, 5.41) is 3.21.